The number of sulfone groups is 1. The summed E-state index contributed by atoms with van der Waals surface area (Å²) in [6.45, 7) is 1.82. The maximum Gasteiger partial charge on any atom is 0.490 e. The van der Waals surface area contributed by atoms with Crippen molar-refractivity contribution < 1.29 is 63.7 Å². The van der Waals surface area contributed by atoms with E-state index in [0.717, 1.165) is 5.56 Å². The number of likely N-dealkylation sites (tertiary alicyclic amines) is 1. The molecule has 0 radical (unpaired) electrons. The standard InChI is InChI=1S/C18H20FN3O3S.2C2HF3O2/c19-16-2-1-6-21-17(16)25-11-15-5-9-26(23,24)18(15)12-22(13-18)10-14-3-7-20-8-4-14;2*3-2(4,5)1(6)7/h1-4,6-8,15H,5,9-13H2;2*(H,6,7). The van der Waals surface area contributed by atoms with Crippen molar-refractivity contribution in [1.29, 1.82) is 0 Å². The lowest BCUT2D eigenvalue weighted by atomic mass is 9.83. The van der Waals surface area contributed by atoms with Gasteiger partial charge in [-0.1, -0.05) is 0 Å². The van der Waals surface area contributed by atoms with E-state index in [-0.39, 0.29) is 24.2 Å². The Morgan fingerprint density at radius 1 is 1.00 bits per heavy atom. The van der Waals surface area contributed by atoms with Crippen LogP contribution in [0.15, 0.2) is 42.9 Å². The fourth-order valence-corrected chi connectivity index (χ4v) is 6.39. The molecule has 40 heavy (non-hydrogen) atoms. The van der Waals surface area contributed by atoms with E-state index in [2.05, 4.69) is 14.9 Å². The Hall–Kier alpha value is -3.54. The zero-order chi connectivity index (χ0) is 30.4. The first-order valence-electron chi connectivity index (χ1n) is 11.1. The van der Waals surface area contributed by atoms with Crippen LogP contribution in [0.3, 0.4) is 0 Å². The lowest BCUT2D eigenvalue weighted by Crippen LogP contribution is -2.67. The average Bonchev–Trinajstić information content (AvgIpc) is 3.09. The second-order valence-electron chi connectivity index (χ2n) is 8.58. The number of hydrogen-bond donors (Lipinski definition) is 2. The van der Waals surface area contributed by atoms with Crippen LogP contribution in [-0.2, 0) is 26.0 Å². The quantitative estimate of drug-likeness (QED) is 0.488. The first-order chi connectivity index (χ1) is 18.4. The van der Waals surface area contributed by atoms with Gasteiger partial charge in [0.1, 0.15) is 4.75 Å². The zero-order valence-electron chi connectivity index (χ0n) is 20.2. The van der Waals surface area contributed by atoms with Gasteiger partial charge in [0.15, 0.2) is 15.7 Å². The van der Waals surface area contributed by atoms with Gasteiger partial charge in [0.2, 0.25) is 5.88 Å². The highest BCUT2D eigenvalue weighted by atomic mass is 32.2. The van der Waals surface area contributed by atoms with Crippen LogP contribution in [0.5, 0.6) is 5.88 Å². The molecule has 1 unspecified atom stereocenters. The van der Waals surface area contributed by atoms with Crippen molar-refractivity contribution >= 4 is 21.8 Å². The number of aromatic nitrogens is 2. The van der Waals surface area contributed by atoms with Gasteiger partial charge in [0.05, 0.1) is 12.4 Å². The Morgan fingerprint density at radius 2 is 1.52 bits per heavy atom. The number of aliphatic carboxylic acids is 2. The molecular formula is C22H22F7N3O7S. The van der Waals surface area contributed by atoms with Gasteiger partial charge in [-0.3, -0.25) is 9.88 Å². The first-order valence-corrected chi connectivity index (χ1v) is 12.7. The Labute approximate surface area is 222 Å². The first kappa shape index (κ1) is 32.7. The molecule has 1 atom stereocenters. The molecule has 2 fully saturated rings. The Balaban J connectivity index is 0.000000333. The normalized spacial score (nSPS) is 19.3. The third-order valence-corrected chi connectivity index (χ3v) is 8.47. The van der Waals surface area contributed by atoms with E-state index in [9.17, 15) is 39.2 Å². The molecule has 222 valence electrons. The summed E-state index contributed by atoms with van der Waals surface area (Å²) < 4.78 is 107. The highest BCUT2D eigenvalue weighted by Crippen LogP contribution is 2.45. The smallest absolute Gasteiger partial charge is 0.475 e. The summed E-state index contributed by atoms with van der Waals surface area (Å²) in [5.41, 5.74) is 1.11. The predicted octanol–water partition coefficient (Wildman–Crippen LogP) is 2.95. The number of rotatable bonds is 5. The van der Waals surface area contributed by atoms with Crippen LogP contribution in [0.4, 0.5) is 30.7 Å². The van der Waals surface area contributed by atoms with E-state index in [1.54, 1.807) is 12.4 Å². The molecule has 0 amide bonds. The largest absolute Gasteiger partial charge is 0.490 e. The molecule has 10 nitrogen and oxygen atoms in total. The molecule has 2 aliphatic heterocycles. The molecule has 2 aliphatic rings. The molecule has 2 aromatic heterocycles. The molecular weight excluding hydrogens is 583 g/mol. The van der Waals surface area contributed by atoms with Crippen molar-refractivity contribution in [1.82, 2.24) is 14.9 Å². The average molecular weight is 605 g/mol. The summed E-state index contributed by atoms with van der Waals surface area (Å²) in [6, 6.07) is 6.63. The number of pyridine rings is 2. The molecule has 2 aromatic rings. The van der Waals surface area contributed by atoms with Crippen molar-refractivity contribution in [3.8, 4) is 5.88 Å². The Kier molecular flexibility index (Phi) is 10.4. The van der Waals surface area contributed by atoms with Crippen molar-refractivity contribution in [2.45, 2.75) is 30.1 Å². The second-order valence-corrected chi connectivity index (χ2v) is 11.0. The van der Waals surface area contributed by atoms with Crippen LogP contribution in [0.25, 0.3) is 0 Å². The van der Waals surface area contributed by atoms with Crippen molar-refractivity contribution in [2.75, 3.05) is 25.4 Å². The molecule has 4 heterocycles. The minimum absolute atomic E-state index is 0.0695. The lowest BCUT2D eigenvalue weighted by molar-refractivity contribution is -0.193. The Bertz CT molecular complexity index is 1250. The van der Waals surface area contributed by atoms with Crippen LogP contribution in [0.2, 0.25) is 0 Å². The van der Waals surface area contributed by atoms with E-state index >= 15 is 0 Å². The third-order valence-electron chi connectivity index (χ3n) is 5.87. The molecule has 4 rings (SSSR count). The highest BCUT2D eigenvalue weighted by molar-refractivity contribution is 7.93. The fourth-order valence-electron chi connectivity index (χ4n) is 3.93. The van der Waals surface area contributed by atoms with Gasteiger partial charge < -0.3 is 14.9 Å². The van der Waals surface area contributed by atoms with Gasteiger partial charge in [-0.15, -0.1) is 0 Å². The maximum atomic E-state index is 13.7. The number of ether oxygens (including phenoxy) is 1. The van der Waals surface area contributed by atoms with Crippen LogP contribution in [0, 0.1) is 11.7 Å². The third kappa shape index (κ3) is 8.48. The number of carbonyl (C=O) groups is 2. The zero-order valence-corrected chi connectivity index (χ0v) is 21.0. The molecule has 1 spiro atoms. The van der Waals surface area contributed by atoms with E-state index in [0.29, 0.717) is 26.1 Å². The van der Waals surface area contributed by atoms with Gasteiger partial charge >= 0.3 is 24.3 Å². The molecule has 0 bridgehead atoms. The summed E-state index contributed by atoms with van der Waals surface area (Å²) in [7, 11) is -3.19. The van der Waals surface area contributed by atoms with Gasteiger partial charge in [-0.2, -0.15) is 26.3 Å². The maximum absolute atomic E-state index is 13.7. The minimum atomic E-state index is -5.08. The van der Waals surface area contributed by atoms with Gasteiger partial charge in [-0.05, 0) is 36.2 Å². The van der Waals surface area contributed by atoms with Crippen LogP contribution < -0.4 is 4.74 Å². The predicted molar refractivity (Wildman–Crippen MR) is 121 cm³/mol. The SMILES string of the molecule is O=C(O)C(F)(F)F.O=C(O)C(F)(F)F.O=S1(=O)CCC(COc2ncccc2F)C12CN(Cc1ccncc1)C2. The van der Waals surface area contributed by atoms with E-state index in [4.69, 9.17) is 24.5 Å². The highest BCUT2D eigenvalue weighted by Gasteiger charge is 2.61. The topological polar surface area (TPSA) is 147 Å². The number of alkyl halides is 6. The second kappa shape index (κ2) is 12.8. The monoisotopic (exact) mass is 605 g/mol. The number of halogens is 7. The van der Waals surface area contributed by atoms with Crippen LogP contribution in [-0.4, -0.2) is 88.0 Å². The van der Waals surface area contributed by atoms with E-state index < -0.39 is 44.7 Å². The molecule has 18 heteroatoms. The minimum Gasteiger partial charge on any atom is -0.475 e. The van der Waals surface area contributed by atoms with Crippen molar-refractivity contribution in [3.63, 3.8) is 0 Å². The summed E-state index contributed by atoms with van der Waals surface area (Å²) in [6.07, 6.45) is -4.70. The summed E-state index contributed by atoms with van der Waals surface area (Å²) >= 11 is 0. The molecule has 2 N–H and O–H groups in total. The number of hydrogen-bond acceptors (Lipinski definition) is 8. The molecule has 2 saturated heterocycles. The van der Waals surface area contributed by atoms with Gasteiger partial charge in [0, 0.05) is 44.1 Å². The van der Waals surface area contributed by atoms with Gasteiger partial charge in [0.25, 0.3) is 0 Å². The summed E-state index contributed by atoms with van der Waals surface area (Å²) in [4.78, 5) is 27.8. The molecule has 0 aliphatic carbocycles. The number of nitrogens with zero attached hydrogens (tertiary/aromatic N) is 3. The van der Waals surface area contributed by atoms with Crippen LogP contribution >= 0.6 is 0 Å². The van der Waals surface area contributed by atoms with Gasteiger partial charge in [-0.25, -0.2) is 27.4 Å². The number of carboxylic acids is 2. The molecule has 0 aromatic carbocycles. The van der Waals surface area contributed by atoms with Crippen molar-refractivity contribution in [2.24, 2.45) is 5.92 Å². The van der Waals surface area contributed by atoms with E-state index in [1.807, 2.05) is 12.1 Å². The number of carboxylic acid groups (broad SMARTS) is 2. The van der Waals surface area contributed by atoms with E-state index in [1.165, 1.54) is 18.3 Å². The fraction of sp³-hybridized carbons (Fsp3) is 0.455. The molecule has 0 saturated carbocycles. The summed E-state index contributed by atoms with van der Waals surface area (Å²) in [5, 5.41) is 14.2. The Morgan fingerprint density at radius 3 is 2.00 bits per heavy atom. The van der Waals surface area contributed by atoms with Crippen LogP contribution in [0.1, 0.15) is 12.0 Å². The van der Waals surface area contributed by atoms with Crippen molar-refractivity contribution in [3.05, 3.63) is 54.2 Å². The summed E-state index contributed by atoms with van der Waals surface area (Å²) in [5.74, 6) is -6.10. The lowest BCUT2D eigenvalue weighted by Gasteiger charge is -2.50.